The Bertz CT molecular complexity index is 872. The second-order valence-corrected chi connectivity index (χ2v) is 5.31. The molecule has 24 heavy (non-hydrogen) atoms. The first kappa shape index (κ1) is 17.3. The summed E-state index contributed by atoms with van der Waals surface area (Å²) in [6.45, 7) is 3.71. The molecule has 2 rings (SSSR count). The molecular weight excluding hydrogens is 308 g/mol. The topological polar surface area (TPSA) is 70.4 Å². The number of rotatable bonds is 3. The van der Waals surface area contributed by atoms with Gasteiger partial charge in [-0.15, -0.1) is 6.42 Å². The minimum absolute atomic E-state index is 0.189. The number of terminal acetylenes is 1. The molecule has 0 saturated heterocycles. The van der Waals surface area contributed by atoms with Gasteiger partial charge in [-0.3, -0.25) is 4.68 Å². The molecule has 0 unspecified atom stereocenters. The van der Waals surface area contributed by atoms with E-state index >= 15 is 0 Å². The molecule has 0 saturated carbocycles. The SMILES string of the molecule is C#Cc1c(-c2cc(C(=O)OC)c(C)cc2C)nn(C)c1C(=O)OC. The number of ether oxygens (including phenoxy) is 2. The van der Waals surface area contributed by atoms with Crippen LogP contribution in [0.3, 0.4) is 0 Å². The van der Waals surface area contributed by atoms with Gasteiger partial charge < -0.3 is 9.47 Å². The van der Waals surface area contributed by atoms with Crippen molar-refractivity contribution in [1.82, 2.24) is 9.78 Å². The zero-order chi connectivity index (χ0) is 18.0. The van der Waals surface area contributed by atoms with Gasteiger partial charge >= 0.3 is 11.9 Å². The summed E-state index contributed by atoms with van der Waals surface area (Å²) in [4.78, 5) is 23.9. The number of carbonyl (C=O) groups excluding carboxylic acids is 2. The van der Waals surface area contributed by atoms with E-state index in [-0.39, 0.29) is 5.69 Å². The highest BCUT2D eigenvalue weighted by Gasteiger charge is 2.24. The van der Waals surface area contributed by atoms with Crippen LogP contribution < -0.4 is 0 Å². The van der Waals surface area contributed by atoms with Gasteiger partial charge in [-0.2, -0.15) is 5.10 Å². The molecule has 124 valence electrons. The summed E-state index contributed by atoms with van der Waals surface area (Å²) in [6, 6.07) is 3.54. The Labute approximate surface area is 140 Å². The van der Waals surface area contributed by atoms with Crippen molar-refractivity contribution in [2.45, 2.75) is 13.8 Å². The van der Waals surface area contributed by atoms with Crippen LogP contribution in [0.1, 0.15) is 37.5 Å². The second kappa shape index (κ2) is 6.59. The van der Waals surface area contributed by atoms with Crippen LogP contribution in [0.4, 0.5) is 0 Å². The van der Waals surface area contributed by atoms with Crippen LogP contribution in [0.15, 0.2) is 12.1 Å². The van der Waals surface area contributed by atoms with Crippen molar-refractivity contribution < 1.29 is 19.1 Å². The van der Waals surface area contributed by atoms with Crippen LogP contribution in [0.25, 0.3) is 11.3 Å². The van der Waals surface area contributed by atoms with Gasteiger partial charge in [0.1, 0.15) is 5.69 Å². The number of hydrogen-bond donors (Lipinski definition) is 0. The number of methoxy groups -OCH3 is 2. The summed E-state index contributed by atoms with van der Waals surface area (Å²) in [5, 5.41) is 4.36. The van der Waals surface area contributed by atoms with Crippen LogP contribution in [0.2, 0.25) is 0 Å². The quantitative estimate of drug-likeness (QED) is 0.639. The summed E-state index contributed by atoms with van der Waals surface area (Å²) >= 11 is 0. The molecule has 0 spiro atoms. The summed E-state index contributed by atoms with van der Waals surface area (Å²) < 4.78 is 11.0. The monoisotopic (exact) mass is 326 g/mol. The van der Waals surface area contributed by atoms with E-state index < -0.39 is 11.9 Å². The van der Waals surface area contributed by atoms with E-state index in [4.69, 9.17) is 15.9 Å². The first-order valence-corrected chi connectivity index (χ1v) is 7.17. The van der Waals surface area contributed by atoms with Crippen molar-refractivity contribution in [3.05, 3.63) is 40.1 Å². The predicted molar refractivity (Wildman–Crippen MR) is 88.7 cm³/mol. The Balaban J connectivity index is 2.76. The highest BCUT2D eigenvalue weighted by Crippen LogP contribution is 2.30. The molecule has 0 fully saturated rings. The number of nitrogens with zero attached hydrogens (tertiary/aromatic N) is 2. The third-order valence-corrected chi connectivity index (χ3v) is 3.80. The third kappa shape index (κ3) is 2.76. The summed E-state index contributed by atoms with van der Waals surface area (Å²) in [7, 11) is 4.22. The minimum atomic E-state index is -0.567. The lowest BCUT2D eigenvalue weighted by Crippen LogP contribution is -2.09. The molecule has 0 aliphatic carbocycles. The van der Waals surface area contributed by atoms with E-state index in [1.54, 1.807) is 13.1 Å². The average molecular weight is 326 g/mol. The fourth-order valence-electron chi connectivity index (χ4n) is 2.62. The number of carbonyl (C=O) groups is 2. The van der Waals surface area contributed by atoms with Gasteiger partial charge in [-0.05, 0) is 31.0 Å². The maximum Gasteiger partial charge on any atom is 0.357 e. The number of esters is 2. The Morgan fingerprint density at radius 3 is 2.29 bits per heavy atom. The van der Waals surface area contributed by atoms with Crippen molar-refractivity contribution in [1.29, 1.82) is 0 Å². The van der Waals surface area contributed by atoms with Crippen LogP contribution in [0, 0.1) is 26.2 Å². The Morgan fingerprint density at radius 1 is 1.12 bits per heavy atom. The van der Waals surface area contributed by atoms with Crippen LogP contribution in [-0.4, -0.2) is 35.9 Å². The molecule has 0 amide bonds. The Kier molecular flexibility index (Phi) is 4.74. The molecule has 0 aliphatic heterocycles. The molecule has 1 aromatic heterocycles. The fourth-order valence-corrected chi connectivity index (χ4v) is 2.62. The van der Waals surface area contributed by atoms with Gasteiger partial charge in [0.05, 0.1) is 25.3 Å². The molecule has 6 nitrogen and oxygen atoms in total. The average Bonchev–Trinajstić information content (AvgIpc) is 2.89. The fraction of sp³-hybridized carbons (Fsp3) is 0.278. The van der Waals surface area contributed by atoms with Gasteiger partial charge in [0.25, 0.3) is 0 Å². The number of aryl methyl sites for hydroxylation is 3. The molecule has 1 aromatic carbocycles. The van der Waals surface area contributed by atoms with Gasteiger partial charge in [0, 0.05) is 12.6 Å². The van der Waals surface area contributed by atoms with Gasteiger partial charge in [-0.25, -0.2) is 9.59 Å². The third-order valence-electron chi connectivity index (χ3n) is 3.80. The standard InChI is InChI=1S/C18H18N2O4/c1-7-12-15(19-20(4)16(12)18(22)24-6)13-9-14(17(21)23-5)11(3)8-10(13)2/h1,8-9H,2-6H3. The van der Waals surface area contributed by atoms with E-state index in [0.717, 1.165) is 11.1 Å². The number of aromatic nitrogens is 2. The molecule has 0 atom stereocenters. The zero-order valence-electron chi connectivity index (χ0n) is 14.3. The van der Waals surface area contributed by atoms with Crippen molar-refractivity contribution in [3.8, 4) is 23.6 Å². The lowest BCUT2D eigenvalue weighted by Gasteiger charge is -2.10. The van der Waals surface area contributed by atoms with Gasteiger partial charge in [0.2, 0.25) is 0 Å². The number of benzene rings is 1. The smallest absolute Gasteiger partial charge is 0.357 e. The molecule has 0 bridgehead atoms. The van der Waals surface area contributed by atoms with E-state index in [9.17, 15) is 9.59 Å². The Hall–Kier alpha value is -3.07. The van der Waals surface area contributed by atoms with E-state index in [1.165, 1.54) is 18.9 Å². The first-order chi connectivity index (χ1) is 11.3. The highest BCUT2D eigenvalue weighted by atomic mass is 16.5. The maximum absolute atomic E-state index is 12.0. The normalized spacial score (nSPS) is 10.2. The Morgan fingerprint density at radius 2 is 1.75 bits per heavy atom. The van der Waals surface area contributed by atoms with Crippen molar-refractivity contribution in [2.75, 3.05) is 14.2 Å². The van der Waals surface area contributed by atoms with Crippen molar-refractivity contribution >= 4 is 11.9 Å². The summed E-state index contributed by atoms with van der Waals surface area (Å²) in [5.74, 6) is 1.49. The first-order valence-electron chi connectivity index (χ1n) is 7.17. The van der Waals surface area contributed by atoms with Crippen LogP contribution in [0.5, 0.6) is 0 Å². The molecule has 0 radical (unpaired) electrons. The van der Waals surface area contributed by atoms with Crippen LogP contribution >= 0.6 is 0 Å². The van der Waals surface area contributed by atoms with E-state index in [1.807, 2.05) is 19.9 Å². The van der Waals surface area contributed by atoms with Crippen LogP contribution in [-0.2, 0) is 16.5 Å². The molecule has 1 heterocycles. The molecule has 0 aliphatic rings. The van der Waals surface area contributed by atoms with Crippen molar-refractivity contribution in [3.63, 3.8) is 0 Å². The zero-order valence-corrected chi connectivity index (χ0v) is 14.3. The lowest BCUT2D eigenvalue weighted by atomic mass is 9.96. The summed E-state index contributed by atoms with van der Waals surface area (Å²) in [6.07, 6.45) is 5.60. The molecule has 0 N–H and O–H groups in total. The lowest BCUT2D eigenvalue weighted by molar-refractivity contribution is 0.0583. The predicted octanol–water partition coefficient (Wildman–Crippen LogP) is 2.26. The van der Waals surface area contributed by atoms with E-state index in [0.29, 0.717) is 22.4 Å². The molecular formula is C18H18N2O4. The minimum Gasteiger partial charge on any atom is -0.465 e. The summed E-state index contributed by atoms with van der Waals surface area (Å²) in [5.41, 5.74) is 3.72. The maximum atomic E-state index is 12.0. The highest BCUT2D eigenvalue weighted by molar-refractivity contribution is 5.96. The van der Waals surface area contributed by atoms with E-state index in [2.05, 4.69) is 11.0 Å². The molecule has 6 heteroatoms. The van der Waals surface area contributed by atoms with Gasteiger partial charge in [-0.1, -0.05) is 12.0 Å². The van der Waals surface area contributed by atoms with Crippen molar-refractivity contribution in [2.24, 2.45) is 7.05 Å². The number of hydrogen-bond acceptors (Lipinski definition) is 5. The molecule has 2 aromatic rings. The van der Waals surface area contributed by atoms with Gasteiger partial charge in [0.15, 0.2) is 5.69 Å². The largest absolute Gasteiger partial charge is 0.465 e. The second-order valence-electron chi connectivity index (χ2n) is 5.31.